The Kier molecular flexibility index (Phi) is 7.01. The van der Waals surface area contributed by atoms with E-state index in [9.17, 15) is 0 Å². The third kappa shape index (κ3) is 4.96. The Morgan fingerprint density at radius 2 is 1.67 bits per heavy atom. The van der Waals surface area contributed by atoms with E-state index in [0.717, 1.165) is 20.1 Å². The third-order valence-electron chi connectivity index (χ3n) is 2.14. The maximum Gasteiger partial charge on any atom is 0.0875 e. The zero-order valence-electron chi connectivity index (χ0n) is 10.2. The van der Waals surface area contributed by atoms with Crippen LogP contribution in [-0.4, -0.2) is 18.8 Å². The minimum absolute atomic E-state index is 0.155. The summed E-state index contributed by atoms with van der Waals surface area (Å²) in [6.45, 7) is 7.17. The molecule has 1 N–H and O–H groups in total. The van der Waals surface area contributed by atoms with Gasteiger partial charge in [-0.15, -0.1) is 0 Å². The molecule has 1 aromatic carbocycles. The van der Waals surface area contributed by atoms with Gasteiger partial charge in [0.1, 0.15) is 0 Å². The number of aliphatic hydroxyl groups excluding tert-OH is 1. The van der Waals surface area contributed by atoms with E-state index in [1.54, 1.807) is 0 Å². The highest BCUT2D eigenvalue weighted by Crippen LogP contribution is 2.24. The van der Waals surface area contributed by atoms with Gasteiger partial charge in [0, 0.05) is 13.7 Å². The molecule has 1 rings (SSSR count). The van der Waals surface area contributed by atoms with Gasteiger partial charge in [0.25, 0.3) is 0 Å². The van der Waals surface area contributed by atoms with Gasteiger partial charge in [-0.2, -0.15) is 0 Å². The van der Waals surface area contributed by atoms with Crippen LogP contribution in [0.2, 0.25) is 0 Å². The lowest BCUT2D eigenvalue weighted by Gasteiger charge is -2.25. The Morgan fingerprint density at radius 3 is 2.13 bits per heavy atom. The molecule has 0 radical (unpaired) electrons. The van der Waals surface area contributed by atoms with Crippen molar-refractivity contribution in [2.45, 2.75) is 32.8 Å². The van der Waals surface area contributed by atoms with Crippen LogP contribution in [0.25, 0.3) is 0 Å². The largest absolute Gasteiger partial charge is 0.400 e. The molecule has 1 aromatic rings. The van der Waals surface area contributed by atoms with Gasteiger partial charge in [0.15, 0.2) is 0 Å². The normalized spacial score (nSPS) is 10.5. The number of hydrogen-bond donors (Lipinski definition) is 1. The molecule has 0 aliphatic heterocycles. The number of benzene rings is 1. The highest BCUT2D eigenvalue weighted by Gasteiger charge is 2.19. The standard InChI is InChI=1S/C12H18O.CH4O/c1-4-10-13-12(2,3)11-8-6-5-7-9-11;1-2/h5-9H,4,10H2,1-3H3;2H,1H3. The summed E-state index contributed by atoms with van der Waals surface area (Å²) in [7, 11) is 1.00. The summed E-state index contributed by atoms with van der Waals surface area (Å²) in [5.41, 5.74) is 1.08. The third-order valence-corrected chi connectivity index (χ3v) is 2.14. The molecule has 0 saturated carbocycles. The number of ether oxygens (including phenoxy) is 1. The zero-order chi connectivity index (χ0) is 11.7. The molecular formula is C13H22O2. The van der Waals surface area contributed by atoms with Crippen LogP contribution < -0.4 is 0 Å². The minimum Gasteiger partial charge on any atom is -0.400 e. The van der Waals surface area contributed by atoms with Crippen molar-refractivity contribution in [1.82, 2.24) is 0 Å². The van der Waals surface area contributed by atoms with E-state index in [1.807, 2.05) is 18.2 Å². The van der Waals surface area contributed by atoms with Gasteiger partial charge in [-0.1, -0.05) is 37.3 Å². The lowest BCUT2D eigenvalue weighted by molar-refractivity contribution is -0.0212. The molecule has 0 aromatic heterocycles. The molecule has 0 fully saturated rings. The topological polar surface area (TPSA) is 29.5 Å². The molecule has 15 heavy (non-hydrogen) atoms. The van der Waals surface area contributed by atoms with Crippen LogP contribution in [0.3, 0.4) is 0 Å². The fourth-order valence-corrected chi connectivity index (χ4v) is 1.28. The maximum atomic E-state index is 7.00. The molecule has 0 atom stereocenters. The highest BCUT2D eigenvalue weighted by molar-refractivity contribution is 5.20. The van der Waals surface area contributed by atoms with Crippen molar-refractivity contribution in [1.29, 1.82) is 0 Å². The van der Waals surface area contributed by atoms with Crippen LogP contribution in [-0.2, 0) is 10.3 Å². The lowest BCUT2D eigenvalue weighted by atomic mass is 9.98. The van der Waals surface area contributed by atoms with Crippen molar-refractivity contribution >= 4 is 0 Å². The lowest BCUT2D eigenvalue weighted by Crippen LogP contribution is -2.21. The predicted octanol–water partition coefficient (Wildman–Crippen LogP) is 2.96. The summed E-state index contributed by atoms with van der Waals surface area (Å²) in [5.74, 6) is 0. The second-order valence-electron chi connectivity index (χ2n) is 3.72. The first-order valence-corrected chi connectivity index (χ1v) is 5.31. The second-order valence-corrected chi connectivity index (χ2v) is 3.72. The molecule has 0 bridgehead atoms. The van der Waals surface area contributed by atoms with Crippen LogP contribution in [0, 0.1) is 0 Å². The molecule has 0 saturated heterocycles. The molecule has 2 heteroatoms. The SMILES string of the molecule is CCCOC(C)(C)c1ccccc1.CO. The molecule has 0 aliphatic carbocycles. The molecule has 0 spiro atoms. The van der Waals surface area contributed by atoms with E-state index >= 15 is 0 Å². The number of aliphatic hydroxyl groups is 1. The van der Waals surface area contributed by atoms with Gasteiger partial charge in [0.05, 0.1) is 5.60 Å². The summed E-state index contributed by atoms with van der Waals surface area (Å²) in [6.07, 6.45) is 1.07. The van der Waals surface area contributed by atoms with E-state index in [2.05, 4.69) is 32.9 Å². The fourth-order valence-electron chi connectivity index (χ4n) is 1.28. The average Bonchev–Trinajstić information content (AvgIpc) is 2.30. The molecular weight excluding hydrogens is 188 g/mol. The van der Waals surface area contributed by atoms with Crippen molar-refractivity contribution in [2.24, 2.45) is 0 Å². The fraction of sp³-hybridized carbons (Fsp3) is 0.538. The van der Waals surface area contributed by atoms with Gasteiger partial charge in [-0.3, -0.25) is 0 Å². The number of hydrogen-bond acceptors (Lipinski definition) is 2. The van der Waals surface area contributed by atoms with Gasteiger partial charge >= 0.3 is 0 Å². The first-order chi connectivity index (χ1) is 7.17. The van der Waals surface area contributed by atoms with Crippen LogP contribution in [0.5, 0.6) is 0 Å². The van der Waals surface area contributed by atoms with Crippen LogP contribution in [0.4, 0.5) is 0 Å². The quantitative estimate of drug-likeness (QED) is 0.828. The smallest absolute Gasteiger partial charge is 0.0875 e. The highest BCUT2D eigenvalue weighted by atomic mass is 16.5. The monoisotopic (exact) mass is 210 g/mol. The molecule has 86 valence electrons. The summed E-state index contributed by atoms with van der Waals surface area (Å²) in [6, 6.07) is 10.3. The van der Waals surface area contributed by atoms with Crippen LogP contribution in [0.1, 0.15) is 32.8 Å². The predicted molar refractivity (Wildman–Crippen MR) is 63.9 cm³/mol. The molecule has 0 heterocycles. The first-order valence-electron chi connectivity index (χ1n) is 5.31. The maximum absolute atomic E-state index is 7.00. The van der Waals surface area contributed by atoms with E-state index in [0.29, 0.717) is 0 Å². The molecule has 0 unspecified atom stereocenters. The van der Waals surface area contributed by atoms with E-state index < -0.39 is 0 Å². The Bertz CT molecular complexity index is 242. The van der Waals surface area contributed by atoms with E-state index in [1.165, 1.54) is 5.56 Å². The van der Waals surface area contributed by atoms with Crippen molar-refractivity contribution in [3.05, 3.63) is 35.9 Å². The van der Waals surface area contributed by atoms with Gasteiger partial charge in [0.2, 0.25) is 0 Å². The summed E-state index contributed by atoms with van der Waals surface area (Å²) in [5, 5.41) is 7.00. The summed E-state index contributed by atoms with van der Waals surface area (Å²) in [4.78, 5) is 0. The average molecular weight is 210 g/mol. The first kappa shape index (κ1) is 14.1. The van der Waals surface area contributed by atoms with E-state index in [-0.39, 0.29) is 5.60 Å². The Balaban J connectivity index is 0.000000921. The Morgan fingerprint density at radius 1 is 1.13 bits per heavy atom. The van der Waals surface area contributed by atoms with Gasteiger partial charge < -0.3 is 9.84 Å². The van der Waals surface area contributed by atoms with Crippen LogP contribution >= 0.6 is 0 Å². The van der Waals surface area contributed by atoms with E-state index in [4.69, 9.17) is 9.84 Å². The second kappa shape index (κ2) is 7.43. The van der Waals surface area contributed by atoms with Crippen molar-refractivity contribution < 1.29 is 9.84 Å². The van der Waals surface area contributed by atoms with Crippen molar-refractivity contribution in [2.75, 3.05) is 13.7 Å². The zero-order valence-corrected chi connectivity index (χ0v) is 10.2. The molecule has 0 amide bonds. The van der Waals surface area contributed by atoms with Gasteiger partial charge in [-0.05, 0) is 25.8 Å². The summed E-state index contributed by atoms with van der Waals surface area (Å²) < 4.78 is 5.76. The summed E-state index contributed by atoms with van der Waals surface area (Å²) >= 11 is 0. The molecule has 0 aliphatic rings. The van der Waals surface area contributed by atoms with Gasteiger partial charge in [-0.25, -0.2) is 0 Å². The van der Waals surface area contributed by atoms with Crippen molar-refractivity contribution in [3.8, 4) is 0 Å². The Labute approximate surface area is 92.9 Å². The molecule has 2 nitrogen and oxygen atoms in total. The van der Waals surface area contributed by atoms with Crippen molar-refractivity contribution in [3.63, 3.8) is 0 Å². The Hall–Kier alpha value is -0.860. The minimum atomic E-state index is -0.155. The van der Waals surface area contributed by atoms with Crippen LogP contribution in [0.15, 0.2) is 30.3 Å². The number of rotatable bonds is 4.